The molecule has 2 rings (SSSR count). The lowest BCUT2D eigenvalue weighted by atomic mass is 10.1. The summed E-state index contributed by atoms with van der Waals surface area (Å²) < 4.78 is 13.1. The zero-order chi connectivity index (χ0) is 9.31. The molecule has 1 aromatic rings. The van der Waals surface area contributed by atoms with Crippen LogP contribution in [0.3, 0.4) is 0 Å². The molecule has 1 aliphatic heterocycles. The Hall–Kier alpha value is -0.200. The summed E-state index contributed by atoms with van der Waals surface area (Å²) in [4.78, 5) is 0. The van der Waals surface area contributed by atoms with E-state index >= 15 is 0 Å². The molecule has 1 aliphatic rings. The third-order valence-electron chi connectivity index (χ3n) is 2.30. The van der Waals surface area contributed by atoms with Crippen LogP contribution in [0.4, 0.5) is 0 Å². The van der Waals surface area contributed by atoms with E-state index in [9.17, 15) is 0 Å². The van der Waals surface area contributed by atoms with Crippen LogP contribution in [0.15, 0.2) is 24.5 Å². The summed E-state index contributed by atoms with van der Waals surface area (Å²) >= 11 is 0. The van der Waals surface area contributed by atoms with Crippen LogP contribution >= 0.6 is 0 Å². The smallest absolute Gasteiger partial charge is 0.197 e. The molecule has 14 heavy (non-hydrogen) atoms. The summed E-state index contributed by atoms with van der Waals surface area (Å²) in [5.74, 6) is -0.543. The molecule has 1 fully saturated rings. The first-order valence-electron chi connectivity index (χ1n) is 4.44. The number of nitrogens with zero attached hydrogens (tertiary/aromatic N) is 1. The topological polar surface area (TPSA) is 22.3 Å². The maximum absolute atomic E-state index is 5.55. The molecule has 1 aromatic heterocycles. The summed E-state index contributed by atoms with van der Waals surface area (Å²) in [6, 6.07) is 4.01. The first kappa shape index (κ1) is 11.9. The van der Waals surface area contributed by atoms with Crippen LogP contribution in [0.5, 0.6) is 0 Å². The number of aromatic nitrogens is 1. The molecule has 0 aliphatic carbocycles. The zero-order valence-electron chi connectivity index (χ0n) is 8.37. The lowest BCUT2D eigenvalue weighted by molar-refractivity contribution is -0.672. The number of aryl methyl sites for hydroxylation is 1. The van der Waals surface area contributed by atoms with Gasteiger partial charge in [-0.1, -0.05) is 0 Å². The summed E-state index contributed by atoms with van der Waals surface area (Å²) in [5.41, 5.74) is 1.06. The summed E-state index contributed by atoms with van der Waals surface area (Å²) in [6.07, 6.45) is 4.01. The molecule has 0 atom stereocenters. The number of ether oxygens (including phenoxy) is 2. The van der Waals surface area contributed by atoms with Crippen molar-refractivity contribution in [3.63, 3.8) is 0 Å². The van der Waals surface area contributed by atoms with E-state index in [1.165, 1.54) is 0 Å². The number of pyridine rings is 1. The van der Waals surface area contributed by atoms with Gasteiger partial charge < -0.3 is 33.5 Å². The van der Waals surface area contributed by atoms with Crippen LogP contribution in [0.25, 0.3) is 0 Å². The first-order valence-corrected chi connectivity index (χ1v) is 4.44. The molecule has 0 aromatic carbocycles. The minimum absolute atomic E-state index is 0. The average molecular weight is 307 g/mol. The highest BCUT2D eigenvalue weighted by molar-refractivity contribution is 5.12. The summed E-state index contributed by atoms with van der Waals surface area (Å²) in [7, 11) is 1.99. The standard InChI is InChI=1S/C10H14NO2.HI/c1-10(12-6-7-13-10)9-4-3-5-11(2)8-9;/h3-5,8H,6-7H2,1-2H3;1H/q+1;/p-1. The van der Waals surface area contributed by atoms with Crippen LogP contribution < -0.4 is 28.5 Å². The molecular weight excluding hydrogens is 293 g/mol. The molecule has 4 heteroatoms. The van der Waals surface area contributed by atoms with E-state index in [-0.39, 0.29) is 24.0 Å². The van der Waals surface area contributed by atoms with Crippen molar-refractivity contribution in [1.29, 1.82) is 0 Å². The van der Waals surface area contributed by atoms with Crippen LogP contribution in [-0.4, -0.2) is 13.2 Å². The van der Waals surface area contributed by atoms with Gasteiger partial charge in [0, 0.05) is 6.07 Å². The molecule has 0 saturated carbocycles. The summed E-state index contributed by atoms with van der Waals surface area (Å²) in [6.45, 7) is 3.31. The van der Waals surface area contributed by atoms with Crippen LogP contribution in [0, 0.1) is 0 Å². The number of hydrogen-bond acceptors (Lipinski definition) is 2. The second-order valence-electron chi connectivity index (χ2n) is 3.40. The normalized spacial score (nSPS) is 19.0. The minimum atomic E-state index is -0.543. The largest absolute Gasteiger partial charge is 1.00 e. The number of rotatable bonds is 1. The van der Waals surface area contributed by atoms with Crippen LogP contribution in [0.1, 0.15) is 12.5 Å². The third-order valence-corrected chi connectivity index (χ3v) is 2.30. The van der Waals surface area contributed by atoms with Crippen molar-refractivity contribution in [3.05, 3.63) is 30.1 Å². The third kappa shape index (κ3) is 2.24. The van der Waals surface area contributed by atoms with Gasteiger partial charge in [-0.25, -0.2) is 4.57 Å². The molecule has 0 amide bonds. The van der Waals surface area contributed by atoms with Crippen molar-refractivity contribution in [2.75, 3.05) is 13.2 Å². The first-order chi connectivity index (χ1) is 6.21. The Morgan fingerprint density at radius 3 is 2.57 bits per heavy atom. The van der Waals surface area contributed by atoms with Gasteiger partial charge in [0.1, 0.15) is 7.05 Å². The Morgan fingerprint density at radius 1 is 1.36 bits per heavy atom. The monoisotopic (exact) mass is 307 g/mol. The van der Waals surface area contributed by atoms with Gasteiger partial charge in [-0.15, -0.1) is 0 Å². The second-order valence-corrected chi connectivity index (χ2v) is 3.40. The lowest BCUT2D eigenvalue weighted by Gasteiger charge is -2.20. The molecular formula is C10H14INO2. The Labute approximate surface area is 101 Å². The fourth-order valence-corrected chi connectivity index (χ4v) is 1.54. The van der Waals surface area contributed by atoms with Gasteiger partial charge in [0.15, 0.2) is 18.2 Å². The van der Waals surface area contributed by atoms with E-state index in [0.717, 1.165) is 5.56 Å². The van der Waals surface area contributed by atoms with E-state index < -0.39 is 5.79 Å². The van der Waals surface area contributed by atoms with Crippen molar-refractivity contribution in [2.24, 2.45) is 7.05 Å². The maximum atomic E-state index is 5.55. The molecule has 0 spiro atoms. The van der Waals surface area contributed by atoms with Crippen LogP contribution in [-0.2, 0) is 22.3 Å². The van der Waals surface area contributed by atoms with Crippen molar-refractivity contribution in [1.82, 2.24) is 0 Å². The Balaban J connectivity index is 0.000000980. The van der Waals surface area contributed by atoms with Gasteiger partial charge in [0.2, 0.25) is 0 Å². The number of halogens is 1. The van der Waals surface area contributed by atoms with Crippen LogP contribution in [0.2, 0.25) is 0 Å². The molecule has 0 radical (unpaired) electrons. The Morgan fingerprint density at radius 2 is 2.00 bits per heavy atom. The Bertz CT molecular complexity index is 311. The fraction of sp³-hybridized carbons (Fsp3) is 0.500. The Kier molecular flexibility index (Phi) is 3.86. The minimum Gasteiger partial charge on any atom is -1.00 e. The van der Waals surface area contributed by atoms with E-state index in [1.54, 1.807) is 0 Å². The fourth-order valence-electron chi connectivity index (χ4n) is 1.54. The highest BCUT2D eigenvalue weighted by Gasteiger charge is 2.34. The van der Waals surface area contributed by atoms with Gasteiger partial charge in [0.05, 0.1) is 18.8 Å². The molecule has 3 nitrogen and oxygen atoms in total. The predicted molar refractivity (Wildman–Crippen MR) is 46.9 cm³/mol. The molecule has 0 N–H and O–H groups in total. The lowest BCUT2D eigenvalue weighted by Crippen LogP contribution is -3.00. The molecule has 0 unspecified atom stereocenters. The molecule has 0 bridgehead atoms. The summed E-state index contributed by atoms with van der Waals surface area (Å²) in [5, 5.41) is 0. The van der Waals surface area contributed by atoms with E-state index in [1.807, 2.05) is 43.1 Å². The average Bonchev–Trinajstić information content (AvgIpc) is 2.54. The van der Waals surface area contributed by atoms with Crippen molar-refractivity contribution in [3.8, 4) is 0 Å². The van der Waals surface area contributed by atoms with E-state index in [2.05, 4.69) is 0 Å². The zero-order valence-corrected chi connectivity index (χ0v) is 10.5. The highest BCUT2D eigenvalue weighted by Crippen LogP contribution is 2.29. The van der Waals surface area contributed by atoms with Gasteiger partial charge in [-0.3, -0.25) is 0 Å². The maximum Gasteiger partial charge on any atom is 0.197 e. The SMILES string of the molecule is C[n+]1cccc(C2(C)OCCO2)c1.[I-]. The quantitative estimate of drug-likeness (QED) is 0.431. The highest BCUT2D eigenvalue weighted by atomic mass is 127. The van der Waals surface area contributed by atoms with Gasteiger partial charge in [-0.2, -0.15) is 0 Å². The van der Waals surface area contributed by atoms with Crippen molar-refractivity contribution >= 4 is 0 Å². The van der Waals surface area contributed by atoms with E-state index in [4.69, 9.17) is 9.47 Å². The number of hydrogen-bond donors (Lipinski definition) is 0. The van der Waals surface area contributed by atoms with Crippen molar-refractivity contribution in [2.45, 2.75) is 12.7 Å². The van der Waals surface area contributed by atoms with Crippen molar-refractivity contribution < 1.29 is 38.0 Å². The van der Waals surface area contributed by atoms with E-state index in [0.29, 0.717) is 13.2 Å². The van der Waals surface area contributed by atoms with Gasteiger partial charge in [0.25, 0.3) is 0 Å². The molecule has 2 heterocycles. The van der Waals surface area contributed by atoms with Gasteiger partial charge in [-0.05, 0) is 13.0 Å². The predicted octanol–water partition coefficient (Wildman–Crippen LogP) is -2.27. The molecule has 78 valence electrons. The van der Waals surface area contributed by atoms with Gasteiger partial charge >= 0.3 is 0 Å². The molecule has 1 saturated heterocycles. The second kappa shape index (κ2) is 4.55.